The van der Waals surface area contributed by atoms with Gasteiger partial charge in [-0.3, -0.25) is 4.79 Å². The Hall–Kier alpha value is -1.09. The molecule has 4 aliphatic carbocycles. The maximum absolute atomic E-state index is 12.7. The molecule has 5 rings (SSSR count). The van der Waals surface area contributed by atoms with Crippen molar-refractivity contribution < 1.29 is 9.90 Å². The molecular weight excluding hydrogens is 394 g/mol. The summed E-state index contributed by atoms with van der Waals surface area (Å²) in [7, 11) is 0. The van der Waals surface area contributed by atoms with Gasteiger partial charge in [-0.2, -0.15) is 0 Å². The van der Waals surface area contributed by atoms with Crippen LogP contribution in [0.5, 0.6) is 0 Å². The molecule has 0 spiro atoms. The Labute approximate surface area is 195 Å². The van der Waals surface area contributed by atoms with Crippen LogP contribution < -0.4 is 0 Å². The van der Waals surface area contributed by atoms with E-state index in [1.54, 1.807) is 5.57 Å². The number of amides is 1. The first-order valence-electron chi connectivity index (χ1n) is 13.7. The minimum atomic E-state index is -0.121. The largest absolute Gasteiger partial charge is 0.393 e. The lowest BCUT2D eigenvalue weighted by molar-refractivity contribution is -0.132. The summed E-state index contributed by atoms with van der Waals surface area (Å²) in [6, 6.07) is 0. The maximum atomic E-state index is 12.7. The second-order valence-corrected chi connectivity index (χ2v) is 12.5. The van der Waals surface area contributed by atoms with Crippen molar-refractivity contribution in [3.8, 4) is 0 Å². The first-order valence-corrected chi connectivity index (χ1v) is 13.7. The van der Waals surface area contributed by atoms with Gasteiger partial charge in [0.05, 0.1) is 6.10 Å². The Morgan fingerprint density at radius 1 is 1.16 bits per heavy atom. The SMILES string of the molecule is C[C@H](CCC(=O)N1CCCCC1)[C@H]1C=C[C@H]2[C@@H]3CC=C4C[C@@H](O)CC[C@]4(C)[C@H]3CC[C@]12C. The summed E-state index contributed by atoms with van der Waals surface area (Å²) < 4.78 is 0. The number of fused-ring (bicyclic) bond motifs is 5. The molecule has 8 atom stereocenters. The van der Waals surface area contributed by atoms with E-state index >= 15 is 0 Å². The third-order valence-electron chi connectivity index (χ3n) is 10.8. The number of carbonyl (C=O) groups is 1. The maximum Gasteiger partial charge on any atom is 0.222 e. The first-order chi connectivity index (χ1) is 15.3. The molecule has 32 heavy (non-hydrogen) atoms. The Morgan fingerprint density at radius 3 is 2.72 bits per heavy atom. The van der Waals surface area contributed by atoms with E-state index in [0.717, 1.165) is 57.0 Å². The van der Waals surface area contributed by atoms with Crippen molar-refractivity contribution in [1.29, 1.82) is 0 Å². The second-order valence-electron chi connectivity index (χ2n) is 12.5. The van der Waals surface area contributed by atoms with Crippen molar-refractivity contribution in [2.24, 2.45) is 40.4 Å². The fraction of sp³-hybridized carbons (Fsp3) is 0.828. The van der Waals surface area contributed by atoms with Crippen LogP contribution in [-0.4, -0.2) is 35.1 Å². The number of likely N-dealkylation sites (tertiary alicyclic amines) is 1. The molecule has 178 valence electrons. The third-order valence-corrected chi connectivity index (χ3v) is 10.8. The fourth-order valence-electron chi connectivity index (χ4n) is 8.81. The highest BCUT2D eigenvalue weighted by molar-refractivity contribution is 5.76. The number of aliphatic hydroxyl groups excluding tert-OH is 1. The summed E-state index contributed by atoms with van der Waals surface area (Å²) >= 11 is 0. The van der Waals surface area contributed by atoms with E-state index in [2.05, 4.69) is 43.9 Å². The Kier molecular flexibility index (Phi) is 6.10. The van der Waals surface area contributed by atoms with E-state index in [0.29, 0.717) is 34.5 Å². The van der Waals surface area contributed by atoms with Crippen LogP contribution in [0, 0.1) is 40.4 Å². The van der Waals surface area contributed by atoms with Gasteiger partial charge in [0.25, 0.3) is 0 Å². The quantitative estimate of drug-likeness (QED) is 0.535. The van der Waals surface area contributed by atoms with Crippen molar-refractivity contribution >= 4 is 5.91 Å². The van der Waals surface area contributed by atoms with E-state index in [9.17, 15) is 9.90 Å². The molecule has 1 N–H and O–H groups in total. The first kappa shape index (κ1) is 22.7. The Balaban J connectivity index is 1.26. The zero-order chi connectivity index (χ0) is 22.5. The van der Waals surface area contributed by atoms with Gasteiger partial charge in [-0.05, 0) is 105 Å². The van der Waals surface area contributed by atoms with Crippen molar-refractivity contribution in [2.45, 2.75) is 97.5 Å². The molecule has 0 unspecified atom stereocenters. The highest BCUT2D eigenvalue weighted by Crippen LogP contribution is 2.65. The monoisotopic (exact) mass is 439 g/mol. The minimum absolute atomic E-state index is 0.121. The number of aliphatic hydroxyl groups is 1. The van der Waals surface area contributed by atoms with Crippen molar-refractivity contribution in [3.05, 3.63) is 23.8 Å². The fourth-order valence-corrected chi connectivity index (χ4v) is 8.81. The number of nitrogens with zero attached hydrogens (tertiary/aromatic N) is 1. The van der Waals surface area contributed by atoms with Crippen LogP contribution in [0.25, 0.3) is 0 Å². The lowest BCUT2D eigenvalue weighted by Crippen LogP contribution is -2.51. The predicted octanol–water partition coefficient (Wildman–Crippen LogP) is 6.13. The smallest absolute Gasteiger partial charge is 0.222 e. The van der Waals surface area contributed by atoms with Gasteiger partial charge in [0, 0.05) is 19.5 Å². The molecule has 3 heteroatoms. The van der Waals surface area contributed by atoms with Crippen molar-refractivity contribution in [2.75, 3.05) is 13.1 Å². The molecule has 3 nitrogen and oxygen atoms in total. The summed E-state index contributed by atoms with van der Waals surface area (Å²) in [6.07, 6.45) is 19.8. The average molecular weight is 440 g/mol. The van der Waals surface area contributed by atoms with Crippen molar-refractivity contribution in [1.82, 2.24) is 4.90 Å². The lowest BCUT2D eigenvalue weighted by atomic mass is 9.46. The lowest BCUT2D eigenvalue weighted by Gasteiger charge is -2.58. The van der Waals surface area contributed by atoms with Crippen LogP contribution in [0.2, 0.25) is 0 Å². The van der Waals surface area contributed by atoms with Crippen LogP contribution in [0.15, 0.2) is 23.8 Å². The number of allylic oxidation sites excluding steroid dienone is 3. The summed E-state index contributed by atoms with van der Waals surface area (Å²) in [5.41, 5.74) is 2.22. The van der Waals surface area contributed by atoms with Gasteiger partial charge >= 0.3 is 0 Å². The normalized spacial score (nSPS) is 44.3. The van der Waals surface area contributed by atoms with E-state index in [1.807, 2.05) is 0 Å². The molecule has 1 heterocycles. The van der Waals surface area contributed by atoms with Gasteiger partial charge in [-0.1, -0.05) is 44.6 Å². The minimum Gasteiger partial charge on any atom is -0.393 e. The van der Waals surface area contributed by atoms with Gasteiger partial charge in [0.1, 0.15) is 0 Å². The van der Waals surface area contributed by atoms with Crippen LogP contribution in [0.3, 0.4) is 0 Å². The molecule has 1 amide bonds. The molecule has 2 saturated carbocycles. The molecular formula is C29H45NO2. The molecule has 0 aromatic heterocycles. The van der Waals surface area contributed by atoms with Gasteiger partial charge in [0.2, 0.25) is 5.91 Å². The summed E-state index contributed by atoms with van der Waals surface area (Å²) in [5.74, 6) is 3.76. The number of hydrogen-bond acceptors (Lipinski definition) is 2. The van der Waals surface area contributed by atoms with Crippen LogP contribution in [-0.2, 0) is 4.79 Å². The molecule has 1 saturated heterocycles. The molecule has 0 radical (unpaired) electrons. The Morgan fingerprint density at radius 2 is 1.94 bits per heavy atom. The molecule has 0 bridgehead atoms. The highest BCUT2D eigenvalue weighted by atomic mass is 16.3. The van der Waals surface area contributed by atoms with Crippen LogP contribution >= 0.6 is 0 Å². The van der Waals surface area contributed by atoms with E-state index in [-0.39, 0.29) is 6.10 Å². The van der Waals surface area contributed by atoms with Gasteiger partial charge < -0.3 is 10.0 Å². The topological polar surface area (TPSA) is 40.5 Å². The molecule has 0 aromatic rings. The number of piperidine rings is 1. The highest BCUT2D eigenvalue weighted by Gasteiger charge is 2.57. The standard InChI is InChI=1S/C29H45NO2/c1-20(7-12-27(32)30-17-5-4-6-18-30)24-10-11-25-23-9-8-21-19-22(31)13-15-28(21,2)26(23)14-16-29(24,25)3/h8,10-11,20,22-26,31H,4-7,9,12-19H2,1-3H3/t20-,22+,23+,24-,25+,26+,28+,29-/m1/s1. The van der Waals surface area contributed by atoms with Crippen LogP contribution in [0.4, 0.5) is 0 Å². The molecule has 1 aliphatic heterocycles. The summed E-state index contributed by atoms with van der Waals surface area (Å²) in [4.78, 5) is 14.9. The molecule has 3 fully saturated rings. The number of carbonyl (C=O) groups excluding carboxylic acids is 1. The number of hydrogen-bond donors (Lipinski definition) is 1. The van der Waals surface area contributed by atoms with Crippen LogP contribution in [0.1, 0.15) is 91.4 Å². The summed E-state index contributed by atoms with van der Waals surface area (Å²) in [5, 5.41) is 10.2. The average Bonchev–Trinajstić information content (AvgIpc) is 3.15. The Bertz CT molecular complexity index is 780. The van der Waals surface area contributed by atoms with Crippen molar-refractivity contribution in [3.63, 3.8) is 0 Å². The third kappa shape index (κ3) is 3.71. The number of rotatable bonds is 4. The zero-order valence-electron chi connectivity index (χ0n) is 20.7. The van der Waals surface area contributed by atoms with Gasteiger partial charge in [-0.15, -0.1) is 0 Å². The molecule has 5 aliphatic rings. The van der Waals surface area contributed by atoms with E-state index in [4.69, 9.17) is 0 Å². The zero-order valence-corrected chi connectivity index (χ0v) is 20.7. The van der Waals surface area contributed by atoms with E-state index < -0.39 is 0 Å². The van der Waals surface area contributed by atoms with E-state index in [1.165, 1.54) is 38.5 Å². The summed E-state index contributed by atoms with van der Waals surface area (Å²) in [6.45, 7) is 9.43. The predicted molar refractivity (Wildman–Crippen MR) is 130 cm³/mol. The van der Waals surface area contributed by atoms with Gasteiger partial charge in [-0.25, -0.2) is 0 Å². The van der Waals surface area contributed by atoms with Gasteiger partial charge in [0.15, 0.2) is 0 Å². The molecule has 0 aromatic carbocycles. The second kappa shape index (κ2) is 8.60.